The highest BCUT2D eigenvalue weighted by molar-refractivity contribution is 9.10. The molecule has 8 heteroatoms. The van der Waals surface area contributed by atoms with Gasteiger partial charge < -0.3 is 15.5 Å². The van der Waals surface area contributed by atoms with Crippen molar-refractivity contribution < 1.29 is 18.8 Å². The third-order valence-electron chi connectivity index (χ3n) is 5.73. The van der Waals surface area contributed by atoms with Crippen molar-refractivity contribution in [2.75, 3.05) is 19.6 Å². The molecule has 3 amide bonds. The summed E-state index contributed by atoms with van der Waals surface area (Å²) < 4.78 is 14.1. The Hall–Kier alpha value is -2.74. The first-order valence-electron chi connectivity index (χ1n) is 11.1. The van der Waals surface area contributed by atoms with Crippen LogP contribution in [-0.4, -0.2) is 48.3 Å². The molecule has 0 saturated carbocycles. The van der Waals surface area contributed by atoms with Gasteiger partial charge in [0.15, 0.2) is 0 Å². The van der Waals surface area contributed by atoms with Crippen LogP contribution in [0, 0.1) is 17.7 Å². The second kappa shape index (κ2) is 11.4. The minimum Gasteiger partial charge on any atom is -0.354 e. The first-order chi connectivity index (χ1) is 15.7. The Kier molecular flexibility index (Phi) is 8.61. The summed E-state index contributed by atoms with van der Waals surface area (Å²) in [6.45, 7) is 5.49. The van der Waals surface area contributed by atoms with Gasteiger partial charge in [0.1, 0.15) is 11.9 Å². The maximum Gasteiger partial charge on any atom is 0.253 e. The normalized spacial score (nSPS) is 15.2. The van der Waals surface area contributed by atoms with Gasteiger partial charge in [-0.25, -0.2) is 4.39 Å². The minimum absolute atomic E-state index is 0.0501. The summed E-state index contributed by atoms with van der Waals surface area (Å²) in [6.07, 6.45) is 1.17. The lowest BCUT2D eigenvalue weighted by atomic mass is 9.88. The summed E-state index contributed by atoms with van der Waals surface area (Å²) in [7, 11) is 0. The number of carbonyl (C=O) groups is 3. The van der Waals surface area contributed by atoms with Crippen molar-refractivity contribution in [3.63, 3.8) is 0 Å². The molecule has 1 atom stereocenters. The van der Waals surface area contributed by atoms with Gasteiger partial charge >= 0.3 is 0 Å². The molecule has 1 fully saturated rings. The first-order valence-corrected chi connectivity index (χ1v) is 11.9. The monoisotopic (exact) mass is 517 g/mol. The number of nitrogens with one attached hydrogen (secondary N) is 2. The van der Waals surface area contributed by atoms with Gasteiger partial charge in [-0.05, 0) is 67.1 Å². The molecule has 6 nitrogen and oxygen atoms in total. The zero-order valence-corrected chi connectivity index (χ0v) is 20.4. The Morgan fingerprint density at radius 1 is 1.06 bits per heavy atom. The van der Waals surface area contributed by atoms with E-state index >= 15 is 0 Å². The molecule has 1 saturated heterocycles. The topological polar surface area (TPSA) is 78.5 Å². The fourth-order valence-corrected chi connectivity index (χ4v) is 4.28. The van der Waals surface area contributed by atoms with Crippen molar-refractivity contribution in [3.05, 3.63) is 69.9 Å². The number of piperidine rings is 1. The van der Waals surface area contributed by atoms with E-state index in [2.05, 4.69) is 26.6 Å². The zero-order valence-electron chi connectivity index (χ0n) is 18.8. The summed E-state index contributed by atoms with van der Waals surface area (Å²) >= 11 is 3.39. The molecule has 2 aromatic carbocycles. The lowest BCUT2D eigenvalue weighted by molar-refractivity contribution is -0.124. The summed E-state index contributed by atoms with van der Waals surface area (Å²) in [4.78, 5) is 40.4. The largest absolute Gasteiger partial charge is 0.354 e. The predicted octanol–water partition coefficient (Wildman–Crippen LogP) is 4.01. The third kappa shape index (κ3) is 6.87. The molecule has 0 aromatic heterocycles. The van der Waals surface area contributed by atoms with Gasteiger partial charge in [0.2, 0.25) is 5.91 Å². The van der Waals surface area contributed by atoms with Crippen LogP contribution in [0.3, 0.4) is 0 Å². The van der Waals surface area contributed by atoms with Crippen LogP contribution in [-0.2, 0) is 4.79 Å². The number of amides is 3. The van der Waals surface area contributed by atoms with Gasteiger partial charge in [0, 0.05) is 35.2 Å². The molecule has 0 radical (unpaired) electrons. The number of likely N-dealkylation sites (tertiary alicyclic amines) is 1. The highest BCUT2D eigenvalue weighted by Crippen LogP contribution is 2.24. The zero-order chi connectivity index (χ0) is 24.0. The maximum atomic E-state index is 13.2. The van der Waals surface area contributed by atoms with Crippen molar-refractivity contribution in [2.24, 2.45) is 11.8 Å². The summed E-state index contributed by atoms with van der Waals surface area (Å²) in [5.74, 6) is -0.991. The van der Waals surface area contributed by atoms with Crippen LogP contribution in [0.2, 0.25) is 0 Å². The van der Waals surface area contributed by atoms with Gasteiger partial charge in [-0.1, -0.05) is 35.8 Å². The number of hydrogen-bond acceptors (Lipinski definition) is 3. The van der Waals surface area contributed by atoms with Crippen molar-refractivity contribution in [2.45, 2.75) is 32.7 Å². The molecule has 1 heterocycles. The molecular weight excluding hydrogens is 489 g/mol. The van der Waals surface area contributed by atoms with Gasteiger partial charge in [-0.3, -0.25) is 14.4 Å². The Morgan fingerprint density at radius 2 is 1.73 bits per heavy atom. The van der Waals surface area contributed by atoms with E-state index in [1.165, 1.54) is 24.3 Å². The van der Waals surface area contributed by atoms with Crippen LogP contribution in [0.4, 0.5) is 4.39 Å². The lowest BCUT2D eigenvalue weighted by Crippen LogP contribution is -2.54. The van der Waals surface area contributed by atoms with E-state index in [-0.39, 0.29) is 23.7 Å². The number of nitrogens with zero attached hydrogens (tertiary/aromatic N) is 1. The summed E-state index contributed by atoms with van der Waals surface area (Å²) in [5.41, 5.74) is 0.902. The molecular formula is C25H29BrFN3O3. The highest BCUT2D eigenvalue weighted by Gasteiger charge is 2.34. The van der Waals surface area contributed by atoms with Crippen LogP contribution < -0.4 is 10.6 Å². The van der Waals surface area contributed by atoms with Gasteiger partial charge in [-0.15, -0.1) is 0 Å². The Morgan fingerprint density at radius 3 is 2.33 bits per heavy atom. The molecule has 0 unspecified atom stereocenters. The average molecular weight is 518 g/mol. The highest BCUT2D eigenvalue weighted by atomic mass is 79.9. The molecule has 176 valence electrons. The van der Waals surface area contributed by atoms with E-state index in [0.717, 1.165) is 4.47 Å². The van der Waals surface area contributed by atoms with E-state index in [1.54, 1.807) is 17.0 Å². The smallest absolute Gasteiger partial charge is 0.253 e. The molecule has 0 aliphatic carbocycles. The van der Waals surface area contributed by atoms with Crippen LogP contribution in [0.5, 0.6) is 0 Å². The molecule has 1 aliphatic rings. The SMILES string of the molecule is CC(C)CNC(=O)[C@H](NC(=O)c1ccc(F)cc1)C1CCN(C(=O)c2cccc(Br)c2)CC1. The molecule has 1 aliphatic heterocycles. The lowest BCUT2D eigenvalue weighted by Gasteiger charge is -2.36. The molecule has 3 rings (SSSR count). The predicted molar refractivity (Wildman–Crippen MR) is 128 cm³/mol. The van der Waals surface area contributed by atoms with E-state index in [0.29, 0.717) is 43.6 Å². The standard InChI is InChI=1S/C25H29BrFN3O3/c1-16(2)15-28-24(32)22(29-23(31)18-6-8-21(27)9-7-18)17-10-12-30(13-11-17)25(33)19-4-3-5-20(26)14-19/h3-9,14,16-17,22H,10-13,15H2,1-2H3,(H,28,32)(H,29,31)/t22-/m1/s1. The number of benzene rings is 2. The van der Waals surface area contributed by atoms with Crippen molar-refractivity contribution in [1.82, 2.24) is 15.5 Å². The number of rotatable bonds is 7. The van der Waals surface area contributed by atoms with Crippen molar-refractivity contribution in [3.8, 4) is 0 Å². The Labute approximate surface area is 202 Å². The maximum absolute atomic E-state index is 13.2. The number of halogens is 2. The van der Waals surface area contributed by atoms with E-state index in [1.807, 2.05) is 26.0 Å². The summed E-state index contributed by atoms with van der Waals surface area (Å²) in [5, 5.41) is 5.76. The quantitative estimate of drug-likeness (QED) is 0.582. The van der Waals surface area contributed by atoms with Gasteiger partial charge in [0.25, 0.3) is 11.8 Å². The third-order valence-corrected chi connectivity index (χ3v) is 6.22. The Bertz CT molecular complexity index is 989. The average Bonchev–Trinajstić information content (AvgIpc) is 2.81. The van der Waals surface area contributed by atoms with Crippen LogP contribution in [0.1, 0.15) is 47.4 Å². The molecule has 0 bridgehead atoms. The summed E-state index contributed by atoms with van der Waals surface area (Å²) in [6, 6.07) is 11.8. The second-order valence-electron chi connectivity index (χ2n) is 8.74. The Balaban J connectivity index is 1.68. The molecule has 33 heavy (non-hydrogen) atoms. The van der Waals surface area contributed by atoms with Crippen LogP contribution >= 0.6 is 15.9 Å². The second-order valence-corrected chi connectivity index (χ2v) is 9.65. The van der Waals surface area contributed by atoms with Crippen molar-refractivity contribution >= 4 is 33.7 Å². The molecule has 2 aromatic rings. The number of carbonyl (C=O) groups excluding carboxylic acids is 3. The van der Waals surface area contributed by atoms with E-state index in [9.17, 15) is 18.8 Å². The first kappa shape index (κ1) is 24.9. The van der Waals surface area contributed by atoms with Gasteiger partial charge in [-0.2, -0.15) is 0 Å². The van der Waals surface area contributed by atoms with Gasteiger partial charge in [0.05, 0.1) is 0 Å². The number of hydrogen-bond donors (Lipinski definition) is 2. The van der Waals surface area contributed by atoms with E-state index < -0.39 is 17.8 Å². The molecule has 0 spiro atoms. The van der Waals surface area contributed by atoms with Crippen LogP contribution in [0.25, 0.3) is 0 Å². The van der Waals surface area contributed by atoms with E-state index in [4.69, 9.17) is 0 Å². The molecule has 2 N–H and O–H groups in total. The fraction of sp³-hybridized carbons (Fsp3) is 0.400. The van der Waals surface area contributed by atoms with Crippen molar-refractivity contribution in [1.29, 1.82) is 0 Å². The fourth-order valence-electron chi connectivity index (χ4n) is 3.88. The van der Waals surface area contributed by atoms with Crippen LogP contribution in [0.15, 0.2) is 53.0 Å². The minimum atomic E-state index is -0.732.